The summed E-state index contributed by atoms with van der Waals surface area (Å²) in [7, 11) is 0. The SMILES string of the molecule is Cc1ccc(CNc2c(C(=O)c3ccc(C)cc3)oc3ccccc23)cc1. The molecule has 0 unspecified atom stereocenters. The van der Waals surface area contributed by atoms with Crippen molar-refractivity contribution in [3.8, 4) is 0 Å². The van der Waals surface area contributed by atoms with Gasteiger partial charge in [-0.05, 0) is 31.5 Å². The summed E-state index contributed by atoms with van der Waals surface area (Å²) in [5, 5.41) is 4.34. The van der Waals surface area contributed by atoms with Crippen molar-refractivity contribution in [2.75, 3.05) is 5.32 Å². The summed E-state index contributed by atoms with van der Waals surface area (Å²) in [6.45, 7) is 4.70. The zero-order valence-electron chi connectivity index (χ0n) is 15.5. The third-order valence-corrected chi connectivity index (χ3v) is 4.71. The molecule has 0 radical (unpaired) electrons. The van der Waals surface area contributed by atoms with Crippen molar-refractivity contribution in [1.82, 2.24) is 0 Å². The van der Waals surface area contributed by atoms with E-state index in [1.54, 1.807) is 0 Å². The molecule has 4 rings (SSSR count). The summed E-state index contributed by atoms with van der Waals surface area (Å²) in [4.78, 5) is 13.1. The normalized spacial score (nSPS) is 10.9. The Kier molecular flexibility index (Phi) is 4.51. The molecule has 1 heterocycles. The molecule has 134 valence electrons. The molecule has 1 aromatic heterocycles. The smallest absolute Gasteiger partial charge is 0.230 e. The van der Waals surface area contributed by atoms with Gasteiger partial charge in [0.1, 0.15) is 5.58 Å². The van der Waals surface area contributed by atoms with Crippen LogP contribution in [-0.2, 0) is 6.54 Å². The number of hydrogen-bond donors (Lipinski definition) is 1. The van der Waals surface area contributed by atoms with E-state index >= 15 is 0 Å². The Balaban J connectivity index is 1.71. The molecule has 0 amide bonds. The Bertz CT molecular complexity index is 1090. The maximum atomic E-state index is 13.1. The van der Waals surface area contributed by atoms with E-state index < -0.39 is 0 Å². The van der Waals surface area contributed by atoms with Crippen molar-refractivity contribution < 1.29 is 9.21 Å². The lowest BCUT2D eigenvalue weighted by molar-refractivity contribution is 0.101. The van der Waals surface area contributed by atoms with E-state index in [1.807, 2.05) is 55.5 Å². The van der Waals surface area contributed by atoms with Crippen LogP contribution in [0.4, 0.5) is 5.69 Å². The molecule has 1 N–H and O–H groups in total. The topological polar surface area (TPSA) is 42.2 Å². The number of furan rings is 1. The first-order valence-corrected chi connectivity index (χ1v) is 9.04. The highest BCUT2D eigenvalue weighted by atomic mass is 16.3. The zero-order valence-corrected chi connectivity index (χ0v) is 15.5. The van der Waals surface area contributed by atoms with Gasteiger partial charge in [0.05, 0.1) is 5.69 Å². The molecule has 4 aromatic rings. The quantitative estimate of drug-likeness (QED) is 0.454. The number of anilines is 1. The number of benzene rings is 3. The summed E-state index contributed by atoms with van der Waals surface area (Å²) >= 11 is 0. The third-order valence-electron chi connectivity index (χ3n) is 4.71. The van der Waals surface area contributed by atoms with Gasteiger partial charge in [-0.2, -0.15) is 0 Å². The van der Waals surface area contributed by atoms with Crippen LogP contribution in [0.2, 0.25) is 0 Å². The molecular formula is C24H21NO2. The molecule has 27 heavy (non-hydrogen) atoms. The molecule has 0 saturated carbocycles. The summed E-state index contributed by atoms with van der Waals surface area (Å²) in [6.07, 6.45) is 0. The van der Waals surface area contributed by atoms with Crippen molar-refractivity contribution >= 4 is 22.4 Å². The lowest BCUT2D eigenvalue weighted by atomic mass is 10.1. The van der Waals surface area contributed by atoms with E-state index in [0.717, 1.165) is 22.2 Å². The van der Waals surface area contributed by atoms with E-state index in [0.29, 0.717) is 23.5 Å². The Morgan fingerprint density at radius 1 is 0.852 bits per heavy atom. The minimum Gasteiger partial charge on any atom is -0.450 e. The van der Waals surface area contributed by atoms with Crippen LogP contribution in [0, 0.1) is 13.8 Å². The molecule has 0 atom stereocenters. The van der Waals surface area contributed by atoms with Gasteiger partial charge in [0.15, 0.2) is 5.76 Å². The second kappa shape index (κ2) is 7.12. The number of para-hydroxylation sites is 1. The average molecular weight is 355 g/mol. The van der Waals surface area contributed by atoms with E-state index in [1.165, 1.54) is 5.56 Å². The van der Waals surface area contributed by atoms with Crippen LogP contribution in [0.3, 0.4) is 0 Å². The maximum absolute atomic E-state index is 13.1. The van der Waals surface area contributed by atoms with Crippen LogP contribution in [-0.4, -0.2) is 5.78 Å². The molecule has 0 fully saturated rings. The van der Waals surface area contributed by atoms with Gasteiger partial charge in [0.25, 0.3) is 0 Å². The van der Waals surface area contributed by atoms with Crippen molar-refractivity contribution in [3.05, 3.63) is 101 Å². The first-order chi connectivity index (χ1) is 13.1. The molecular weight excluding hydrogens is 334 g/mol. The fraction of sp³-hybridized carbons (Fsp3) is 0.125. The molecule has 0 bridgehead atoms. The van der Waals surface area contributed by atoms with Crippen LogP contribution in [0.15, 0.2) is 77.2 Å². The van der Waals surface area contributed by atoms with Crippen LogP contribution in [0.5, 0.6) is 0 Å². The molecule has 3 nitrogen and oxygen atoms in total. The second-order valence-corrected chi connectivity index (χ2v) is 6.84. The highest BCUT2D eigenvalue weighted by molar-refractivity contribution is 6.14. The van der Waals surface area contributed by atoms with Gasteiger partial charge in [-0.15, -0.1) is 0 Å². The van der Waals surface area contributed by atoms with Crippen molar-refractivity contribution in [2.24, 2.45) is 0 Å². The van der Waals surface area contributed by atoms with Gasteiger partial charge in [0.2, 0.25) is 5.78 Å². The Labute approximate surface area is 158 Å². The highest BCUT2D eigenvalue weighted by Crippen LogP contribution is 2.33. The standard InChI is InChI=1S/C24H21NO2/c1-16-7-11-18(12-8-16)15-25-22-20-5-3-4-6-21(20)27-24(22)23(26)19-13-9-17(2)10-14-19/h3-14,25H,15H2,1-2H3. The monoisotopic (exact) mass is 355 g/mol. The van der Waals surface area contributed by atoms with Crippen LogP contribution in [0.25, 0.3) is 11.0 Å². The summed E-state index contributed by atoms with van der Waals surface area (Å²) in [5.41, 5.74) is 5.57. The van der Waals surface area contributed by atoms with E-state index in [9.17, 15) is 4.79 Å². The predicted octanol–water partition coefficient (Wildman–Crippen LogP) is 5.89. The van der Waals surface area contributed by atoms with E-state index in [4.69, 9.17) is 4.42 Å². The first-order valence-electron chi connectivity index (χ1n) is 9.04. The van der Waals surface area contributed by atoms with E-state index in [2.05, 4.69) is 36.5 Å². The number of hydrogen-bond acceptors (Lipinski definition) is 3. The third kappa shape index (κ3) is 3.49. The Morgan fingerprint density at radius 2 is 1.48 bits per heavy atom. The maximum Gasteiger partial charge on any atom is 0.230 e. The van der Waals surface area contributed by atoms with Gasteiger partial charge in [-0.25, -0.2) is 0 Å². The number of rotatable bonds is 5. The average Bonchev–Trinajstić information content (AvgIpc) is 3.06. The van der Waals surface area contributed by atoms with Gasteiger partial charge >= 0.3 is 0 Å². The largest absolute Gasteiger partial charge is 0.450 e. The minimum atomic E-state index is -0.113. The second-order valence-electron chi connectivity index (χ2n) is 6.84. The minimum absolute atomic E-state index is 0.113. The first kappa shape index (κ1) is 17.1. The van der Waals surface area contributed by atoms with Crippen LogP contribution < -0.4 is 5.32 Å². The number of ketones is 1. The lowest BCUT2D eigenvalue weighted by Crippen LogP contribution is -2.06. The van der Waals surface area contributed by atoms with Crippen molar-refractivity contribution in [3.63, 3.8) is 0 Å². The van der Waals surface area contributed by atoms with Gasteiger partial charge in [-0.3, -0.25) is 4.79 Å². The number of carbonyl (C=O) groups excluding carboxylic acids is 1. The van der Waals surface area contributed by atoms with Crippen molar-refractivity contribution in [1.29, 1.82) is 0 Å². The fourth-order valence-electron chi connectivity index (χ4n) is 3.11. The lowest BCUT2D eigenvalue weighted by Gasteiger charge is -2.08. The predicted molar refractivity (Wildman–Crippen MR) is 109 cm³/mol. The molecule has 0 saturated heterocycles. The summed E-state index contributed by atoms with van der Waals surface area (Å²) < 4.78 is 5.94. The number of nitrogens with one attached hydrogen (secondary N) is 1. The zero-order chi connectivity index (χ0) is 18.8. The van der Waals surface area contributed by atoms with Crippen LogP contribution in [0.1, 0.15) is 32.8 Å². The number of carbonyl (C=O) groups is 1. The highest BCUT2D eigenvalue weighted by Gasteiger charge is 2.21. The summed E-state index contributed by atoms with van der Waals surface area (Å²) in [5.74, 6) is 0.241. The van der Waals surface area contributed by atoms with Crippen molar-refractivity contribution in [2.45, 2.75) is 20.4 Å². The van der Waals surface area contributed by atoms with Crippen LogP contribution >= 0.6 is 0 Å². The Morgan fingerprint density at radius 3 is 2.19 bits per heavy atom. The molecule has 0 spiro atoms. The van der Waals surface area contributed by atoms with E-state index in [-0.39, 0.29) is 5.78 Å². The molecule has 3 heteroatoms. The van der Waals surface area contributed by atoms with Gasteiger partial charge in [0, 0.05) is 17.5 Å². The van der Waals surface area contributed by atoms with Gasteiger partial charge in [-0.1, -0.05) is 71.8 Å². The number of aryl methyl sites for hydroxylation is 2. The fourth-order valence-corrected chi connectivity index (χ4v) is 3.11. The summed E-state index contributed by atoms with van der Waals surface area (Å²) in [6, 6.07) is 23.6. The molecule has 0 aliphatic rings. The molecule has 3 aromatic carbocycles. The number of fused-ring (bicyclic) bond motifs is 1. The molecule has 0 aliphatic heterocycles. The molecule has 0 aliphatic carbocycles. The Hall–Kier alpha value is -3.33. The van der Waals surface area contributed by atoms with Gasteiger partial charge < -0.3 is 9.73 Å².